The molecule has 1 aliphatic heterocycles. The first-order valence-electron chi connectivity index (χ1n) is 7.56. The van der Waals surface area contributed by atoms with Crippen molar-refractivity contribution >= 4 is 35.3 Å². The maximum atomic E-state index is 10.5. The SMILES string of the molecule is CN1CCN(CC(c2cccc(Cl)c2)C(C)(C)O)CC1.ClOCl. The molecule has 2 rings (SSSR count). The Labute approximate surface area is 154 Å². The lowest BCUT2D eigenvalue weighted by molar-refractivity contribution is 0.0275. The molecule has 0 spiro atoms. The highest BCUT2D eigenvalue weighted by molar-refractivity contribution is 6.30. The Hall–Kier alpha value is -0.0700. The van der Waals surface area contributed by atoms with E-state index in [1.807, 2.05) is 32.0 Å². The molecule has 1 fully saturated rings. The second kappa shape index (κ2) is 10.0. The number of hydrogen-bond acceptors (Lipinski definition) is 4. The molecule has 4 nitrogen and oxygen atoms in total. The third kappa shape index (κ3) is 7.57. The van der Waals surface area contributed by atoms with Crippen molar-refractivity contribution in [2.24, 2.45) is 0 Å². The minimum atomic E-state index is -0.756. The Morgan fingerprint density at radius 2 is 1.78 bits per heavy atom. The van der Waals surface area contributed by atoms with Crippen molar-refractivity contribution in [3.8, 4) is 0 Å². The lowest BCUT2D eigenvalue weighted by Crippen LogP contribution is -2.48. The van der Waals surface area contributed by atoms with E-state index in [4.69, 9.17) is 11.6 Å². The van der Waals surface area contributed by atoms with E-state index in [0.717, 1.165) is 43.3 Å². The maximum absolute atomic E-state index is 10.5. The highest BCUT2D eigenvalue weighted by Gasteiger charge is 2.31. The van der Waals surface area contributed by atoms with Crippen LogP contribution in [0.15, 0.2) is 24.3 Å². The molecule has 1 atom stereocenters. The smallest absolute Gasteiger partial charge is 0.0832 e. The van der Waals surface area contributed by atoms with E-state index in [0.29, 0.717) is 0 Å². The van der Waals surface area contributed by atoms with Gasteiger partial charge in [-0.1, -0.05) is 23.7 Å². The van der Waals surface area contributed by atoms with Crippen LogP contribution in [0.3, 0.4) is 0 Å². The van der Waals surface area contributed by atoms with E-state index < -0.39 is 5.60 Å². The molecule has 7 heteroatoms. The molecule has 23 heavy (non-hydrogen) atoms. The minimum absolute atomic E-state index is 0.0737. The summed E-state index contributed by atoms with van der Waals surface area (Å²) in [5, 5.41) is 11.3. The van der Waals surface area contributed by atoms with Gasteiger partial charge in [-0.05, 0) is 38.6 Å². The Balaban J connectivity index is 0.000000816. The topological polar surface area (TPSA) is 35.9 Å². The first-order chi connectivity index (χ1) is 10.8. The van der Waals surface area contributed by atoms with Crippen molar-refractivity contribution in [3.63, 3.8) is 0 Å². The van der Waals surface area contributed by atoms with Crippen molar-refractivity contribution in [1.82, 2.24) is 9.80 Å². The molecule has 1 unspecified atom stereocenters. The Morgan fingerprint density at radius 3 is 2.26 bits per heavy atom. The van der Waals surface area contributed by atoms with Gasteiger partial charge in [-0.3, -0.25) is 0 Å². The van der Waals surface area contributed by atoms with Crippen molar-refractivity contribution in [2.45, 2.75) is 25.4 Å². The Morgan fingerprint density at radius 1 is 1.22 bits per heavy atom. The number of rotatable bonds is 4. The van der Waals surface area contributed by atoms with E-state index in [9.17, 15) is 5.11 Å². The van der Waals surface area contributed by atoms with Gasteiger partial charge in [0.1, 0.15) is 0 Å². The second-order valence-electron chi connectivity index (χ2n) is 6.42. The summed E-state index contributed by atoms with van der Waals surface area (Å²) in [6.07, 6.45) is 0. The molecule has 1 N–H and O–H groups in total. The zero-order valence-electron chi connectivity index (χ0n) is 13.8. The molecule has 0 aromatic heterocycles. The maximum Gasteiger partial charge on any atom is 0.0832 e. The van der Waals surface area contributed by atoms with Crippen LogP contribution in [-0.2, 0) is 3.84 Å². The molecule has 0 aliphatic carbocycles. The molecule has 1 aromatic rings. The molecule has 1 heterocycles. The monoisotopic (exact) mass is 382 g/mol. The van der Waals surface area contributed by atoms with Gasteiger partial charge in [-0.2, -0.15) is 3.84 Å². The molecule has 132 valence electrons. The minimum Gasteiger partial charge on any atom is -0.390 e. The van der Waals surface area contributed by atoms with Gasteiger partial charge < -0.3 is 14.9 Å². The van der Waals surface area contributed by atoms with Crippen LogP contribution < -0.4 is 0 Å². The number of hydrogen-bond donors (Lipinski definition) is 1. The fourth-order valence-corrected chi connectivity index (χ4v) is 2.95. The Kier molecular flexibility index (Phi) is 9.16. The van der Waals surface area contributed by atoms with Crippen molar-refractivity contribution in [1.29, 1.82) is 0 Å². The molecule has 1 aromatic carbocycles. The Bertz CT molecular complexity index is 461. The van der Waals surface area contributed by atoms with E-state index >= 15 is 0 Å². The van der Waals surface area contributed by atoms with Gasteiger partial charge in [0, 0.05) is 43.7 Å². The predicted molar refractivity (Wildman–Crippen MR) is 97.2 cm³/mol. The lowest BCUT2D eigenvalue weighted by atomic mass is 9.84. The number of piperazine rings is 1. The number of aliphatic hydroxyl groups is 1. The van der Waals surface area contributed by atoms with Crippen LogP contribution >= 0.6 is 35.3 Å². The summed E-state index contributed by atoms with van der Waals surface area (Å²) in [5.41, 5.74) is 0.359. The summed E-state index contributed by atoms with van der Waals surface area (Å²) in [7, 11) is 2.15. The highest BCUT2D eigenvalue weighted by atomic mass is 35.6. The molecular weight excluding hydrogens is 359 g/mol. The van der Waals surface area contributed by atoms with Gasteiger partial charge in [0.2, 0.25) is 0 Å². The molecule has 1 aliphatic rings. The van der Waals surface area contributed by atoms with Gasteiger partial charge in [-0.15, -0.1) is 0 Å². The van der Waals surface area contributed by atoms with E-state index in [2.05, 4.69) is 50.5 Å². The summed E-state index contributed by atoms with van der Waals surface area (Å²) in [6, 6.07) is 7.87. The summed E-state index contributed by atoms with van der Waals surface area (Å²) >= 11 is 14.6. The van der Waals surface area contributed by atoms with Crippen LogP contribution in [-0.4, -0.2) is 60.3 Å². The quantitative estimate of drug-likeness (QED) is 0.859. The van der Waals surface area contributed by atoms with Gasteiger partial charge >= 0.3 is 0 Å². The molecular formula is C16H25Cl3N2O2. The van der Waals surface area contributed by atoms with Crippen LogP contribution in [0.25, 0.3) is 0 Å². The van der Waals surface area contributed by atoms with Crippen molar-refractivity contribution < 1.29 is 8.95 Å². The normalized spacial score (nSPS) is 18.2. The zero-order chi connectivity index (χ0) is 17.5. The largest absolute Gasteiger partial charge is 0.390 e. The van der Waals surface area contributed by atoms with E-state index in [-0.39, 0.29) is 5.92 Å². The first kappa shape index (κ1) is 21.0. The van der Waals surface area contributed by atoms with Gasteiger partial charge in [0.25, 0.3) is 0 Å². The number of benzene rings is 1. The van der Waals surface area contributed by atoms with Gasteiger partial charge in [-0.25, -0.2) is 0 Å². The average Bonchev–Trinajstić information content (AvgIpc) is 2.46. The predicted octanol–water partition coefficient (Wildman–Crippen LogP) is 3.75. The van der Waals surface area contributed by atoms with Gasteiger partial charge in [0.05, 0.1) is 29.3 Å². The summed E-state index contributed by atoms with van der Waals surface area (Å²) in [4.78, 5) is 4.78. The third-order valence-corrected chi connectivity index (χ3v) is 4.38. The average molecular weight is 384 g/mol. The van der Waals surface area contributed by atoms with Crippen LogP contribution in [0.5, 0.6) is 0 Å². The highest BCUT2D eigenvalue weighted by Crippen LogP contribution is 2.30. The van der Waals surface area contributed by atoms with Crippen LogP contribution in [0.4, 0.5) is 0 Å². The number of likely N-dealkylation sites (N-methyl/N-ethyl adjacent to an activating group) is 1. The van der Waals surface area contributed by atoms with Crippen molar-refractivity contribution in [3.05, 3.63) is 34.9 Å². The van der Waals surface area contributed by atoms with E-state index in [1.54, 1.807) is 0 Å². The standard InChI is InChI=1S/C16H25ClN2O.Cl2O/c1-16(2,20)15(13-5-4-6-14(17)11-13)12-19-9-7-18(3)8-10-19;1-3-2/h4-6,11,15,20H,7-10,12H2,1-3H3;. The first-order valence-corrected chi connectivity index (χ1v) is 8.55. The van der Waals surface area contributed by atoms with Gasteiger partial charge in [0.15, 0.2) is 0 Å². The van der Waals surface area contributed by atoms with Crippen LogP contribution in [0.1, 0.15) is 25.3 Å². The fourth-order valence-electron chi connectivity index (χ4n) is 2.75. The lowest BCUT2D eigenvalue weighted by Gasteiger charge is -2.38. The van der Waals surface area contributed by atoms with Crippen LogP contribution in [0, 0.1) is 0 Å². The molecule has 0 saturated carbocycles. The van der Waals surface area contributed by atoms with Crippen LogP contribution in [0.2, 0.25) is 5.02 Å². The third-order valence-electron chi connectivity index (χ3n) is 4.14. The fraction of sp³-hybridized carbons (Fsp3) is 0.625. The molecule has 0 bridgehead atoms. The molecule has 0 radical (unpaired) electrons. The molecule has 1 saturated heterocycles. The summed E-state index contributed by atoms with van der Waals surface area (Å²) in [5.74, 6) is 0.0737. The number of halogens is 3. The zero-order valence-corrected chi connectivity index (χ0v) is 16.1. The van der Waals surface area contributed by atoms with E-state index in [1.165, 1.54) is 0 Å². The van der Waals surface area contributed by atoms with Crippen molar-refractivity contribution in [2.75, 3.05) is 39.8 Å². The summed E-state index contributed by atoms with van der Waals surface area (Å²) < 4.78 is 3.19. The second-order valence-corrected chi connectivity index (χ2v) is 7.33. The molecule has 0 amide bonds. The number of nitrogens with zero attached hydrogens (tertiary/aromatic N) is 2. The summed E-state index contributed by atoms with van der Waals surface area (Å²) in [6.45, 7) is 8.94.